The van der Waals surface area contributed by atoms with Gasteiger partial charge in [0, 0.05) is 19.6 Å². The third-order valence-corrected chi connectivity index (χ3v) is 3.68. The van der Waals surface area contributed by atoms with Crippen molar-refractivity contribution in [3.05, 3.63) is 59.7 Å². The smallest absolute Gasteiger partial charge is 0.0992 e. The highest BCUT2D eigenvalue weighted by molar-refractivity contribution is 5.73. The summed E-state index contributed by atoms with van der Waals surface area (Å²) in [7, 11) is 0. The minimum Gasteiger partial charge on any atom is -0.382 e. The lowest BCUT2D eigenvalue weighted by Crippen LogP contribution is -2.35. The first kappa shape index (κ1) is 12.6. The van der Waals surface area contributed by atoms with Crippen molar-refractivity contribution in [1.82, 2.24) is 0 Å². The summed E-state index contributed by atoms with van der Waals surface area (Å²) in [5.41, 5.74) is 4.34. The van der Waals surface area contributed by atoms with Gasteiger partial charge in [0.1, 0.15) is 0 Å². The maximum Gasteiger partial charge on any atom is 0.0992 e. The van der Waals surface area contributed by atoms with Crippen molar-refractivity contribution in [3.63, 3.8) is 0 Å². The quantitative estimate of drug-likeness (QED) is 0.925. The Labute approximate surface area is 119 Å². The van der Waals surface area contributed by atoms with Crippen molar-refractivity contribution in [3.8, 4) is 6.07 Å². The molecule has 0 bridgehead atoms. The van der Waals surface area contributed by atoms with Gasteiger partial charge in [-0.1, -0.05) is 30.3 Å². The van der Waals surface area contributed by atoms with Gasteiger partial charge in [0.05, 0.1) is 23.0 Å². The lowest BCUT2D eigenvalue weighted by molar-refractivity contribution is 0.773. The molecule has 1 aliphatic heterocycles. The van der Waals surface area contributed by atoms with Gasteiger partial charge in [0.2, 0.25) is 0 Å². The second kappa shape index (κ2) is 5.66. The Morgan fingerprint density at radius 2 is 2.00 bits per heavy atom. The summed E-state index contributed by atoms with van der Waals surface area (Å²) >= 11 is 0. The van der Waals surface area contributed by atoms with E-state index in [1.165, 1.54) is 5.56 Å². The molecule has 0 aliphatic carbocycles. The molecule has 1 N–H and O–H groups in total. The predicted molar refractivity (Wildman–Crippen MR) is 82.0 cm³/mol. The first-order valence-corrected chi connectivity index (χ1v) is 6.94. The standard InChI is InChI=1S/C17H17N3/c18-13-15-6-7-16-17(12-15)20(11-9-19-16)10-8-14-4-2-1-3-5-14/h1-7,12,19H,8-11H2. The zero-order chi connectivity index (χ0) is 13.8. The molecule has 1 heterocycles. The summed E-state index contributed by atoms with van der Waals surface area (Å²) in [4.78, 5) is 2.36. The number of hydrogen-bond donors (Lipinski definition) is 1. The molecule has 20 heavy (non-hydrogen) atoms. The van der Waals surface area contributed by atoms with Crippen LogP contribution in [0.25, 0.3) is 0 Å². The maximum absolute atomic E-state index is 9.04. The van der Waals surface area contributed by atoms with Crippen molar-refractivity contribution in [2.24, 2.45) is 0 Å². The molecule has 0 radical (unpaired) electrons. The average molecular weight is 263 g/mol. The van der Waals surface area contributed by atoms with Gasteiger partial charge in [-0.05, 0) is 30.2 Å². The van der Waals surface area contributed by atoms with E-state index in [0.29, 0.717) is 0 Å². The van der Waals surface area contributed by atoms with Gasteiger partial charge >= 0.3 is 0 Å². The Bertz CT molecular complexity index is 628. The van der Waals surface area contributed by atoms with Crippen molar-refractivity contribution < 1.29 is 0 Å². The van der Waals surface area contributed by atoms with Crippen molar-refractivity contribution in [2.75, 3.05) is 29.9 Å². The van der Waals surface area contributed by atoms with Gasteiger partial charge in [0.25, 0.3) is 0 Å². The molecule has 2 aromatic rings. The number of fused-ring (bicyclic) bond motifs is 1. The summed E-state index contributed by atoms with van der Waals surface area (Å²) in [6.07, 6.45) is 1.02. The van der Waals surface area contributed by atoms with Crippen LogP contribution in [0.4, 0.5) is 11.4 Å². The van der Waals surface area contributed by atoms with Crippen molar-refractivity contribution in [1.29, 1.82) is 5.26 Å². The molecule has 1 aliphatic rings. The fourth-order valence-electron chi connectivity index (χ4n) is 2.60. The molecular weight excluding hydrogens is 246 g/mol. The molecule has 0 spiro atoms. The van der Waals surface area contributed by atoms with Crippen molar-refractivity contribution >= 4 is 11.4 Å². The highest BCUT2D eigenvalue weighted by Gasteiger charge is 2.16. The maximum atomic E-state index is 9.04. The van der Waals surface area contributed by atoms with Crippen LogP contribution in [-0.4, -0.2) is 19.6 Å². The van der Waals surface area contributed by atoms with E-state index in [0.717, 1.165) is 43.0 Å². The zero-order valence-electron chi connectivity index (χ0n) is 11.3. The van der Waals surface area contributed by atoms with Crippen LogP contribution in [0.15, 0.2) is 48.5 Å². The monoisotopic (exact) mass is 263 g/mol. The SMILES string of the molecule is N#Cc1ccc2c(c1)N(CCc1ccccc1)CCN2. The van der Waals surface area contributed by atoms with Crippen molar-refractivity contribution in [2.45, 2.75) is 6.42 Å². The molecule has 0 saturated heterocycles. The van der Waals surface area contributed by atoms with E-state index < -0.39 is 0 Å². The first-order valence-electron chi connectivity index (χ1n) is 6.94. The lowest BCUT2D eigenvalue weighted by Gasteiger charge is -2.32. The van der Waals surface area contributed by atoms with E-state index in [9.17, 15) is 0 Å². The highest BCUT2D eigenvalue weighted by atomic mass is 15.2. The van der Waals surface area contributed by atoms with E-state index in [2.05, 4.69) is 40.6 Å². The van der Waals surface area contributed by atoms with E-state index in [-0.39, 0.29) is 0 Å². The summed E-state index contributed by atoms with van der Waals surface area (Å²) in [6.45, 7) is 2.91. The Hall–Kier alpha value is -2.47. The molecule has 0 unspecified atom stereocenters. The predicted octanol–water partition coefficient (Wildman–Crippen LogP) is 3.03. The molecule has 2 aromatic carbocycles. The molecule has 3 nitrogen and oxygen atoms in total. The molecule has 0 aromatic heterocycles. The largest absolute Gasteiger partial charge is 0.382 e. The van der Waals surface area contributed by atoms with Crippen LogP contribution < -0.4 is 10.2 Å². The van der Waals surface area contributed by atoms with E-state index in [4.69, 9.17) is 5.26 Å². The molecule has 0 atom stereocenters. The van der Waals surface area contributed by atoms with Crippen LogP contribution in [0, 0.1) is 11.3 Å². The Morgan fingerprint density at radius 3 is 2.80 bits per heavy atom. The van der Waals surface area contributed by atoms with Crippen LogP contribution in [0.3, 0.4) is 0 Å². The fourth-order valence-corrected chi connectivity index (χ4v) is 2.60. The molecule has 0 amide bonds. The first-order chi connectivity index (χ1) is 9.86. The van der Waals surface area contributed by atoms with E-state index in [1.54, 1.807) is 0 Å². The third kappa shape index (κ3) is 2.60. The van der Waals surface area contributed by atoms with E-state index in [1.807, 2.05) is 24.3 Å². The minimum atomic E-state index is 0.720. The number of anilines is 2. The van der Waals surface area contributed by atoms with E-state index >= 15 is 0 Å². The second-order valence-corrected chi connectivity index (χ2v) is 4.99. The Kier molecular flexibility index (Phi) is 3.56. The Morgan fingerprint density at radius 1 is 1.15 bits per heavy atom. The molecule has 0 saturated carbocycles. The highest BCUT2D eigenvalue weighted by Crippen LogP contribution is 2.29. The van der Waals surface area contributed by atoms with Gasteiger partial charge in [-0.2, -0.15) is 5.26 Å². The number of nitrogens with zero attached hydrogens (tertiary/aromatic N) is 2. The normalized spacial score (nSPS) is 13.2. The second-order valence-electron chi connectivity index (χ2n) is 4.99. The fraction of sp³-hybridized carbons (Fsp3) is 0.235. The Balaban J connectivity index is 1.78. The van der Waals surface area contributed by atoms with Gasteiger partial charge in [-0.25, -0.2) is 0 Å². The number of rotatable bonds is 3. The van der Waals surface area contributed by atoms with Gasteiger partial charge in [-0.15, -0.1) is 0 Å². The number of nitriles is 1. The molecular formula is C17H17N3. The van der Waals surface area contributed by atoms with Crippen LogP contribution in [0.1, 0.15) is 11.1 Å². The number of benzene rings is 2. The van der Waals surface area contributed by atoms with Crippen LogP contribution >= 0.6 is 0 Å². The summed E-state index contributed by atoms with van der Waals surface area (Å²) in [5, 5.41) is 12.4. The molecule has 100 valence electrons. The van der Waals surface area contributed by atoms with Gasteiger partial charge in [-0.3, -0.25) is 0 Å². The third-order valence-electron chi connectivity index (χ3n) is 3.68. The lowest BCUT2D eigenvalue weighted by atomic mass is 10.1. The van der Waals surface area contributed by atoms with Crippen LogP contribution in [0.5, 0.6) is 0 Å². The molecule has 0 fully saturated rings. The van der Waals surface area contributed by atoms with Gasteiger partial charge in [0.15, 0.2) is 0 Å². The van der Waals surface area contributed by atoms with Crippen LogP contribution in [0.2, 0.25) is 0 Å². The summed E-state index contributed by atoms with van der Waals surface area (Å²) < 4.78 is 0. The van der Waals surface area contributed by atoms with Gasteiger partial charge < -0.3 is 10.2 Å². The minimum absolute atomic E-state index is 0.720. The average Bonchev–Trinajstić information content (AvgIpc) is 2.53. The van der Waals surface area contributed by atoms with Crippen LogP contribution in [-0.2, 0) is 6.42 Å². The zero-order valence-corrected chi connectivity index (χ0v) is 11.3. The molecule has 3 rings (SSSR count). The summed E-state index contributed by atoms with van der Waals surface area (Å²) in [6, 6.07) is 18.6. The number of nitrogens with one attached hydrogen (secondary N) is 1. The number of hydrogen-bond acceptors (Lipinski definition) is 3. The summed E-state index contributed by atoms with van der Waals surface area (Å²) in [5.74, 6) is 0. The topological polar surface area (TPSA) is 39.1 Å². The molecule has 3 heteroatoms.